The number of ether oxygens (including phenoxy) is 1. The van der Waals surface area contributed by atoms with Crippen LogP contribution in [0.4, 0.5) is 0 Å². The van der Waals surface area contributed by atoms with E-state index in [2.05, 4.69) is 0 Å². The monoisotopic (exact) mass is 374 g/mol. The highest BCUT2D eigenvalue weighted by atomic mass is 35.5. The van der Waals surface area contributed by atoms with Crippen molar-refractivity contribution in [2.24, 2.45) is 0 Å². The molecule has 122 valence electrons. The largest absolute Gasteiger partial charge is 0.481 e. The van der Waals surface area contributed by atoms with E-state index in [-0.39, 0.29) is 15.7 Å². The number of hydrogen-bond acceptors (Lipinski definition) is 4. The van der Waals surface area contributed by atoms with Gasteiger partial charge in [0, 0.05) is 22.9 Å². The molecule has 2 aromatic rings. The molecule has 0 aliphatic heterocycles. The van der Waals surface area contributed by atoms with Crippen LogP contribution in [0.2, 0.25) is 10.0 Å². The summed E-state index contributed by atoms with van der Waals surface area (Å²) in [6, 6.07) is 9.39. The van der Waals surface area contributed by atoms with Crippen LogP contribution in [0.3, 0.4) is 0 Å². The zero-order valence-corrected chi connectivity index (χ0v) is 14.2. The van der Waals surface area contributed by atoms with Crippen LogP contribution in [0.25, 0.3) is 11.1 Å². The fourth-order valence-corrected chi connectivity index (χ4v) is 3.47. The molecule has 2 aromatic carbocycles. The van der Waals surface area contributed by atoms with Crippen LogP contribution in [0.1, 0.15) is 0 Å². The van der Waals surface area contributed by atoms with Crippen molar-refractivity contribution in [1.82, 2.24) is 0 Å². The predicted molar refractivity (Wildman–Crippen MR) is 88.1 cm³/mol. The van der Waals surface area contributed by atoms with Gasteiger partial charge in [-0.25, -0.2) is 13.2 Å². The number of carboxylic acid groups (broad SMARTS) is 1. The van der Waals surface area contributed by atoms with Crippen molar-refractivity contribution in [3.63, 3.8) is 0 Å². The van der Waals surface area contributed by atoms with Crippen LogP contribution >= 0.6 is 23.2 Å². The third-order valence-corrected chi connectivity index (χ3v) is 4.72. The van der Waals surface area contributed by atoms with Gasteiger partial charge < -0.3 is 9.84 Å². The summed E-state index contributed by atoms with van der Waals surface area (Å²) in [6.45, 7) is -0.613. The molecule has 2 rings (SSSR count). The third kappa shape index (κ3) is 4.37. The summed E-state index contributed by atoms with van der Waals surface area (Å²) < 4.78 is 28.8. The lowest BCUT2D eigenvalue weighted by atomic mass is 10.0. The van der Waals surface area contributed by atoms with E-state index in [4.69, 9.17) is 33.0 Å². The Morgan fingerprint density at radius 2 is 1.91 bits per heavy atom. The maximum atomic E-state index is 11.8. The number of halogens is 2. The number of rotatable bonds is 5. The van der Waals surface area contributed by atoms with Crippen molar-refractivity contribution in [3.05, 3.63) is 46.4 Å². The lowest BCUT2D eigenvalue weighted by Gasteiger charge is -2.13. The van der Waals surface area contributed by atoms with E-state index >= 15 is 0 Å². The van der Waals surface area contributed by atoms with Gasteiger partial charge in [0.05, 0.1) is 9.92 Å². The Hall–Kier alpha value is -1.76. The highest BCUT2D eigenvalue weighted by Crippen LogP contribution is 2.37. The molecular formula is C15H12Cl2O5S. The number of carboxylic acids is 1. The molecule has 0 saturated carbocycles. The second kappa shape index (κ2) is 6.78. The van der Waals surface area contributed by atoms with E-state index in [1.54, 1.807) is 24.3 Å². The first-order chi connectivity index (χ1) is 10.7. The van der Waals surface area contributed by atoms with Crippen LogP contribution in [0.15, 0.2) is 41.3 Å². The van der Waals surface area contributed by atoms with Gasteiger partial charge in [0.15, 0.2) is 16.4 Å². The van der Waals surface area contributed by atoms with E-state index < -0.39 is 22.4 Å². The van der Waals surface area contributed by atoms with Crippen LogP contribution in [-0.2, 0) is 14.6 Å². The summed E-state index contributed by atoms with van der Waals surface area (Å²) in [5.41, 5.74) is 1.07. The molecule has 1 N–H and O–H groups in total. The van der Waals surface area contributed by atoms with Gasteiger partial charge in [-0.1, -0.05) is 35.3 Å². The number of benzene rings is 2. The Morgan fingerprint density at radius 1 is 1.22 bits per heavy atom. The van der Waals surface area contributed by atoms with Crippen molar-refractivity contribution in [2.75, 3.05) is 12.9 Å². The maximum absolute atomic E-state index is 11.8. The van der Waals surface area contributed by atoms with Crippen molar-refractivity contribution < 1.29 is 23.1 Å². The topological polar surface area (TPSA) is 80.7 Å². The maximum Gasteiger partial charge on any atom is 0.341 e. The molecule has 0 aliphatic carbocycles. The van der Waals surface area contributed by atoms with Gasteiger partial charge >= 0.3 is 5.97 Å². The number of carbonyl (C=O) groups is 1. The molecule has 0 spiro atoms. The van der Waals surface area contributed by atoms with Gasteiger partial charge in [-0.2, -0.15) is 0 Å². The van der Waals surface area contributed by atoms with E-state index in [1.807, 2.05) is 0 Å². The molecule has 0 bridgehead atoms. The lowest BCUT2D eigenvalue weighted by molar-refractivity contribution is -0.139. The summed E-state index contributed by atoms with van der Waals surface area (Å²) in [7, 11) is -3.59. The molecule has 0 amide bonds. The third-order valence-electron chi connectivity index (χ3n) is 2.92. The van der Waals surface area contributed by atoms with E-state index in [1.165, 1.54) is 12.1 Å². The predicted octanol–water partition coefficient (Wildman–Crippen LogP) is 3.53. The van der Waals surface area contributed by atoms with Crippen LogP contribution in [-0.4, -0.2) is 32.4 Å². The number of sulfone groups is 1. The van der Waals surface area contributed by atoms with E-state index in [0.717, 1.165) is 6.26 Å². The van der Waals surface area contributed by atoms with E-state index in [0.29, 0.717) is 16.1 Å². The Morgan fingerprint density at radius 3 is 2.48 bits per heavy atom. The molecule has 0 unspecified atom stereocenters. The Kier molecular flexibility index (Phi) is 5.19. The lowest BCUT2D eigenvalue weighted by Crippen LogP contribution is -2.10. The second-order valence-electron chi connectivity index (χ2n) is 4.74. The van der Waals surface area contributed by atoms with E-state index in [9.17, 15) is 13.2 Å². The number of aliphatic carboxylic acids is 1. The molecule has 0 fully saturated rings. The van der Waals surface area contributed by atoms with Gasteiger partial charge in [-0.15, -0.1) is 0 Å². The highest BCUT2D eigenvalue weighted by Gasteiger charge is 2.19. The molecule has 5 nitrogen and oxygen atoms in total. The quantitative estimate of drug-likeness (QED) is 0.865. The minimum Gasteiger partial charge on any atom is -0.481 e. The second-order valence-corrected chi connectivity index (χ2v) is 7.57. The first kappa shape index (κ1) is 17.6. The normalized spacial score (nSPS) is 11.3. The van der Waals surface area contributed by atoms with Gasteiger partial charge in [-0.05, 0) is 23.8 Å². The van der Waals surface area contributed by atoms with Crippen molar-refractivity contribution in [2.45, 2.75) is 4.90 Å². The smallest absolute Gasteiger partial charge is 0.341 e. The Labute approximate surface area is 143 Å². The Balaban J connectivity index is 2.64. The number of hydrogen-bond donors (Lipinski definition) is 1. The van der Waals surface area contributed by atoms with Gasteiger partial charge in [-0.3, -0.25) is 0 Å². The summed E-state index contributed by atoms with van der Waals surface area (Å²) >= 11 is 12.0. The minimum absolute atomic E-state index is 0.0187. The van der Waals surface area contributed by atoms with Gasteiger partial charge in [0.2, 0.25) is 0 Å². The SMILES string of the molecule is CS(=O)(=O)c1cc(OCC(=O)O)c(-c2cccc(Cl)c2)cc1Cl. The zero-order chi connectivity index (χ0) is 17.2. The molecular weight excluding hydrogens is 363 g/mol. The fraction of sp³-hybridized carbons (Fsp3) is 0.133. The highest BCUT2D eigenvalue weighted by molar-refractivity contribution is 7.90. The summed E-state index contributed by atoms with van der Waals surface area (Å²) in [5.74, 6) is -1.09. The van der Waals surface area contributed by atoms with Crippen molar-refractivity contribution in [1.29, 1.82) is 0 Å². The van der Waals surface area contributed by atoms with Crippen molar-refractivity contribution in [3.8, 4) is 16.9 Å². The average Bonchev–Trinajstić information content (AvgIpc) is 2.44. The fourth-order valence-electron chi connectivity index (χ4n) is 1.96. The molecule has 23 heavy (non-hydrogen) atoms. The van der Waals surface area contributed by atoms with Gasteiger partial charge in [0.1, 0.15) is 5.75 Å². The standard InChI is InChI=1S/C15H12Cl2O5S/c1-23(20,21)14-7-13(22-8-15(18)19)11(6-12(14)17)9-3-2-4-10(16)5-9/h2-7H,8H2,1H3,(H,18,19). The van der Waals surface area contributed by atoms with Crippen LogP contribution in [0, 0.1) is 0 Å². The summed E-state index contributed by atoms with van der Waals surface area (Å²) in [5, 5.41) is 9.26. The molecule has 0 atom stereocenters. The molecule has 0 radical (unpaired) electrons. The van der Waals surface area contributed by atoms with Gasteiger partial charge in [0.25, 0.3) is 0 Å². The Bertz CT molecular complexity index is 862. The summed E-state index contributed by atoms with van der Waals surface area (Å²) in [4.78, 5) is 10.6. The average molecular weight is 375 g/mol. The van der Waals surface area contributed by atoms with Crippen LogP contribution in [0.5, 0.6) is 5.75 Å². The molecule has 8 heteroatoms. The first-order valence-electron chi connectivity index (χ1n) is 6.32. The first-order valence-corrected chi connectivity index (χ1v) is 8.97. The van der Waals surface area contributed by atoms with Crippen molar-refractivity contribution >= 4 is 39.0 Å². The molecule has 0 heterocycles. The van der Waals surface area contributed by atoms with Crippen LogP contribution < -0.4 is 4.74 Å². The molecule has 0 aromatic heterocycles. The minimum atomic E-state index is -3.59. The summed E-state index contributed by atoms with van der Waals surface area (Å²) in [6.07, 6.45) is 1.01. The molecule has 0 aliphatic rings. The zero-order valence-electron chi connectivity index (χ0n) is 11.9. The molecule has 0 saturated heterocycles.